The van der Waals surface area contributed by atoms with Gasteiger partial charge >= 0.3 is 0 Å². The molecule has 1 aromatic rings. The lowest BCUT2D eigenvalue weighted by molar-refractivity contribution is -0.122. The summed E-state index contributed by atoms with van der Waals surface area (Å²) >= 11 is 0. The number of carbonyl (C=O) groups excluding carboxylic acids is 1. The quantitative estimate of drug-likeness (QED) is 0.749. The van der Waals surface area contributed by atoms with Crippen LogP contribution in [0.1, 0.15) is 25.3 Å². The molecule has 0 bridgehead atoms. The first-order valence-electron chi connectivity index (χ1n) is 6.11. The summed E-state index contributed by atoms with van der Waals surface area (Å²) in [7, 11) is 0. The summed E-state index contributed by atoms with van der Waals surface area (Å²) < 4.78 is 5.30. The molecule has 0 aliphatic heterocycles. The van der Waals surface area contributed by atoms with Crippen molar-refractivity contribution in [2.45, 2.75) is 26.2 Å². The largest absolute Gasteiger partial charge is 0.484 e. The molecule has 0 fully saturated rings. The molecule has 1 N–H and O–H groups in total. The number of ether oxygens (including phenoxy) is 1. The maximum atomic E-state index is 11.2. The standard InChI is InChI=1S/C14H18N2O2/c1-2-3-4-12-5-7-13(8-6-12)18-11-14(17)16-10-9-15/h5-8H,2-4,10-11H2,1H3,(H,16,17). The molecule has 1 aromatic carbocycles. The van der Waals surface area contributed by atoms with Crippen molar-refractivity contribution < 1.29 is 9.53 Å². The first-order valence-corrected chi connectivity index (χ1v) is 6.11. The minimum atomic E-state index is -0.286. The van der Waals surface area contributed by atoms with Crippen LogP contribution in [0.5, 0.6) is 5.75 Å². The van der Waals surface area contributed by atoms with Crippen LogP contribution < -0.4 is 10.1 Å². The van der Waals surface area contributed by atoms with Gasteiger partial charge in [-0.25, -0.2) is 0 Å². The highest BCUT2D eigenvalue weighted by Gasteiger charge is 2.01. The second-order valence-electron chi connectivity index (χ2n) is 3.97. The van der Waals surface area contributed by atoms with Gasteiger partial charge in [0.15, 0.2) is 6.61 Å². The topological polar surface area (TPSA) is 62.1 Å². The van der Waals surface area contributed by atoms with E-state index < -0.39 is 0 Å². The fraction of sp³-hybridized carbons (Fsp3) is 0.429. The van der Waals surface area contributed by atoms with Crippen LogP contribution in [0.2, 0.25) is 0 Å². The predicted octanol–water partition coefficient (Wildman–Crippen LogP) is 2.05. The lowest BCUT2D eigenvalue weighted by Crippen LogP contribution is -2.28. The average molecular weight is 246 g/mol. The number of nitriles is 1. The third kappa shape index (κ3) is 5.35. The molecule has 4 heteroatoms. The van der Waals surface area contributed by atoms with Gasteiger partial charge in [0, 0.05) is 0 Å². The zero-order valence-corrected chi connectivity index (χ0v) is 10.6. The summed E-state index contributed by atoms with van der Waals surface area (Å²) in [6.07, 6.45) is 3.42. The molecule has 0 unspecified atom stereocenters. The molecular weight excluding hydrogens is 228 g/mol. The Hall–Kier alpha value is -2.02. The Morgan fingerprint density at radius 3 is 2.72 bits per heavy atom. The smallest absolute Gasteiger partial charge is 0.258 e. The van der Waals surface area contributed by atoms with Crippen LogP contribution in [0, 0.1) is 11.3 Å². The molecule has 0 aliphatic carbocycles. The van der Waals surface area contributed by atoms with Crippen LogP contribution in [0.4, 0.5) is 0 Å². The van der Waals surface area contributed by atoms with Crippen LogP contribution in [0.3, 0.4) is 0 Å². The minimum Gasteiger partial charge on any atom is -0.484 e. The van der Waals surface area contributed by atoms with E-state index in [1.807, 2.05) is 30.3 Å². The Morgan fingerprint density at radius 1 is 1.39 bits per heavy atom. The summed E-state index contributed by atoms with van der Waals surface area (Å²) in [5.41, 5.74) is 1.28. The number of amides is 1. The minimum absolute atomic E-state index is 0.0121. The van der Waals surface area contributed by atoms with Crippen molar-refractivity contribution in [1.82, 2.24) is 5.32 Å². The maximum absolute atomic E-state index is 11.2. The highest BCUT2D eigenvalue weighted by Crippen LogP contribution is 2.13. The molecule has 0 aromatic heterocycles. The molecule has 96 valence electrons. The van der Waals surface area contributed by atoms with Gasteiger partial charge in [0.2, 0.25) is 0 Å². The van der Waals surface area contributed by atoms with Gasteiger partial charge in [-0.3, -0.25) is 4.79 Å². The van der Waals surface area contributed by atoms with Gasteiger partial charge in [0.25, 0.3) is 5.91 Å². The first kappa shape index (κ1) is 14.0. The van der Waals surface area contributed by atoms with E-state index in [9.17, 15) is 4.79 Å². The van der Waals surface area contributed by atoms with Crippen LogP contribution >= 0.6 is 0 Å². The number of benzene rings is 1. The summed E-state index contributed by atoms with van der Waals surface area (Å²) in [5, 5.41) is 10.7. The monoisotopic (exact) mass is 246 g/mol. The van der Waals surface area contributed by atoms with Crippen molar-refractivity contribution in [2.24, 2.45) is 0 Å². The van der Waals surface area contributed by atoms with E-state index in [0.29, 0.717) is 5.75 Å². The molecule has 0 atom stereocenters. The highest BCUT2D eigenvalue weighted by atomic mass is 16.5. The van der Waals surface area contributed by atoms with E-state index in [1.54, 1.807) is 0 Å². The molecule has 4 nitrogen and oxygen atoms in total. The molecule has 0 saturated carbocycles. The van der Waals surface area contributed by atoms with Crippen molar-refractivity contribution in [1.29, 1.82) is 5.26 Å². The fourth-order valence-electron chi connectivity index (χ4n) is 1.47. The second kappa shape index (κ2) is 8.13. The van der Waals surface area contributed by atoms with Crippen molar-refractivity contribution in [3.8, 4) is 11.8 Å². The molecule has 1 rings (SSSR count). The van der Waals surface area contributed by atoms with Crippen LogP contribution in [-0.4, -0.2) is 19.1 Å². The van der Waals surface area contributed by atoms with Gasteiger partial charge in [-0.2, -0.15) is 5.26 Å². The molecule has 0 heterocycles. The Balaban J connectivity index is 2.35. The number of carbonyl (C=O) groups is 1. The molecule has 0 spiro atoms. The van der Waals surface area contributed by atoms with Crippen LogP contribution in [-0.2, 0) is 11.2 Å². The fourth-order valence-corrected chi connectivity index (χ4v) is 1.47. The molecular formula is C14H18N2O2. The van der Waals surface area contributed by atoms with Gasteiger partial charge < -0.3 is 10.1 Å². The number of nitrogens with one attached hydrogen (secondary N) is 1. The van der Waals surface area contributed by atoms with Crippen molar-refractivity contribution in [3.63, 3.8) is 0 Å². The van der Waals surface area contributed by atoms with Crippen molar-refractivity contribution in [2.75, 3.05) is 13.2 Å². The van der Waals surface area contributed by atoms with Crippen molar-refractivity contribution in [3.05, 3.63) is 29.8 Å². The van der Waals surface area contributed by atoms with Crippen molar-refractivity contribution >= 4 is 5.91 Å². The van der Waals surface area contributed by atoms with Gasteiger partial charge in [0.05, 0.1) is 6.07 Å². The van der Waals surface area contributed by atoms with E-state index in [0.717, 1.165) is 6.42 Å². The number of hydrogen-bond acceptors (Lipinski definition) is 3. The molecule has 18 heavy (non-hydrogen) atoms. The number of rotatable bonds is 7. The third-order valence-electron chi connectivity index (χ3n) is 2.48. The molecule has 1 amide bonds. The van der Waals surface area contributed by atoms with E-state index in [4.69, 9.17) is 10.00 Å². The Kier molecular flexibility index (Phi) is 6.34. The van der Waals surface area contributed by atoms with E-state index in [-0.39, 0.29) is 19.1 Å². The summed E-state index contributed by atoms with van der Waals surface area (Å²) in [4.78, 5) is 11.2. The van der Waals surface area contributed by atoms with E-state index in [1.165, 1.54) is 18.4 Å². The van der Waals surface area contributed by atoms with Gasteiger partial charge in [-0.15, -0.1) is 0 Å². The summed E-state index contributed by atoms with van der Waals surface area (Å²) in [6.45, 7) is 2.12. The lowest BCUT2D eigenvalue weighted by Gasteiger charge is -2.06. The predicted molar refractivity (Wildman–Crippen MR) is 69.2 cm³/mol. The SMILES string of the molecule is CCCCc1ccc(OCC(=O)NCC#N)cc1. The normalized spacial score (nSPS) is 9.56. The van der Waals surface area contributed by atoms with E-state index in [2.05, 4.69) is 12.2 Å². The third-order valence-corrected chi connectivity index (χ3v) is 2.48. The Labute approximate surface area is 108 Å². The first-order chi connectivity index (χ1) is 8.76. The number of unbranched alkanes of at least 4 members (excludes halogenated alkanes) is 1. The number of nitrogens with zero attached hydrogens (tertiary/aromatic N) is 1. The molecule has 0 aliphatic rings. The molecule has 0 radical (unpaired) electrons. The van der Waals surface area contributed by atoms with Gasteiger partial charge in [-0.1, -0.05) is 25.5 Å². The van der Waals surface area contributed by atoms with E-state index >= 15 is 0 Å². The zero-order valence-electron chi connectivity index (χ0n) is 10.6. The lowest BCUT2D eigenvalue weighted by atomic mass is 10.1. The Bertz CT molecular complexity index is 407. The number of hydrogen-bond donors (Lipinski definition) is 1. The number of aryl methyl sites for hydroxylation is 1. The maximum Gasteiger partial charge on any atom is 0.258 e. The van der Waals surface area contributed by atoms with Gasteiger partial charge in [-0.05, 0) is 30.5 Å². The zero-order chi connectivity index (χ0) is 13.2. The van der Waals surface area contributed by atoms with Gasteiger partial charge in [0.1, 0.15) is 12.3 Å². The summed E-state index contributed by atoms with van der Waals surface area (Å²) in [6, 6.07) is 9.59. The second-order valence-corrected chi connectivity index (χ2v) is 3.97. The average Bonchev–Trinajstić information content (AvgIpc) is 2.41. The molecule has 0 saturated heterocycles. The highest BCUT2D eigenvalue weighted by molar-refractivity contribution is 5.77. The van der Waals surface area contributed by atoms with Crippen LogP contribution in [0.15, 0.2) is 24.3 Å². The van der Waals surface area contributed by atoms with Crippen LogP contribution in [0.25, 0.3) is 0 Å². The summed E-state index contributed by atoms with van der Waals surface area (Å²) in [5.74, 6) is 0.383. The Morgan fingerprint density at radius 2 is 2.11 bits per heavy atom.